The second-order valence-corrected chi connectivity index (χ2v) is 11.8. The molecule has 0 spiro atoms. The van der Waals surface area contributed by atoms with Crippen LogP contribution in [0.15, 0.2) is 54.4 Å². The summed E-state index contributed by atoms with van der Waals surface area (Å²) in [6.07, 6.45) is 3.39. The van der Waals surface area contributed by atoms with Crippen molar-refractivity contribution >= 4 is 33.4 Å². The molecule has 0 aliphatic carbocycles. The minimum Gasteiger partial charge on any atom is -0.512 e. The van der Waals surface area contributed by atoms with E-state index in [0.717, 1.165) is 33.3 Å². The Morgan fingerprint density at radius 1 is 0.943 bits per heavy atom. The molecule has 1 aromatic carbocycles. The van der Waals surface area contributed by atoms with Crippen LogP contribution in [0.3, 0.4) is 0 Å². The molecule has 0 aliphatic rings. The Hall–Kier alpha value is -2.56. The number of benzene rings is 1. The molecule has 35 heavy (non-hydrogen) atoms. The van der Waals surface area contributed by atoms with Crippen LogP contribution in [-0.2, 0) is 30.3 Å². The molecule has 3 aromatic heterocycles. The summed E-state index contributed by atoms with van der Waals surface area (Å²) >= 11 is 0. The first kappa shape index (κ1) is 28.7. The van der Waals surface area contributed by atoms with Gasteiger partial charge in [-0.1, -0.05) is 73.8 Å². The number of fused-ring (bicyclic) bond motifs is 5. The van der Waals surface area contributed by atoms with Gasteiger partial charge in [0.05, 0.1) is 11.2 Å². The second-order valence-electron chi connectivity index (χ2n) is 11.8. The largest absolute Gasteiger partial charge is 0.512 e. The number of imidazole rings is 1. The van der Waals surface area contributed by atoms with Crippen molar-refractivity contribution in [3.8, 4) is 0 Å². The zero-order valence-electron chi connectivity index (χ0n) is 22.1. The zero-order valence-corrected chi connectivity index (χ0v) is 24.5. The first-order chi connectivity index (χ1) is 15.6. The van der Waals surface area contributed by atoms with Crippen LogP contribution in [0.5, 0.6) is 0 Å². The first-order valence-corrected chi connectivity index (χ1v) is 11.6. The average Bonchev–Trinajstić information content (AvgIpc) is 3.11. The molecule has 4 rings (SSSR count). The van der Waals surface area contributed by atoms with Gasteiger partial charge in [0.2, 0.25) is 0 Å². The summed E-state index contributed by atoms with van der Waals surface area (Å²) in [5.41, 5.74) is 4.24. The molecule has 0 fully saturated rings. The van der Waals surface area contributed by atoms with Crippen LogP contribution < -0.4 is 0 Å². The molecule has 0 saturated heterocycles. The number of aliphatic hydroxyl groups excluding tert-OH is 1. The summed E-state index contributed by atoms with van der Waals surface area (Å²) in [7, 11) is 0. The number of hydrogen-bond donors (Lipinski definition) is 1. The minimum atomic E-state index is -0.417. The Balaban J connectivity index is 0.000000271. The third kappa shape index (κ3) is 6.36. The normalized spacial score (nSPS) is 12.9. The maximum absolute atomic E-state index is 11.5. The van der Waals surface area contributed by atoms with Crippen molar-refractivity contribution in [2.24, 2.45) is 10.8 Å². The molecule has 0 unspecified atom stereocenters. The van der Waals surface area contributed by atoms with Crippen molar-refractivity contribution in [3.63, 3.8) is 0 Å². The van der Waals surface area contributed by atoms with Crippen LogP contribution >= 0.6 is 0 Å². The molecule has 189 valence electrons. The second kappa shape index (κ2) is 10.2. The van der Waals surface area contributed by atoms with E-state index >= 15 is 0 Å². The van der Waals surface area contributed by atoms with Crippen LogP contribution in [-0.4, -0.2) is 25.3 Å². The predicted molar refractivity (Wildman–Crippen MR) is 140 cm³/mol. The van der Waals surface area contributed by atoms with E-state index in [1.807, 2.05) is 77.9 Å². The van der Waals surface area contributed by atoms with Crippen molar-refractivity contribution < 1.29 is 30.0 Å². The summed E-state index contributed by atoms with van der Waals surface area (Å²) in [6, 6.07) is 15.3. The monoisotopic (exact) mass is 651 g/mol. The Kier molecular flexibility index (Phi) is 8.36. The molecule has 0 aliphatic heterocycles. The average molecular weight is 651 g/mol. The maximum Gasteiger partial charge on any atom is 0.164 e. The summed E-state index contributed by atoms with van der Waals surface area (Å²) in [4.78, 5) is 21.2. The van der Waals surface area contributed by atoms with Crippen molar-refractivity contribution in [2.45, 2.75) is 67.7 Å². The summed E-state index contributed by atoms with van der Waals surface area (Å²) < 4.78 is 2.13. The topological polar surface area (TPSA) is 67.5 Å². The van der Waals surface area contributed by atoms with Gasteiger partial charge in [0.15, 0.2) is 5.78 Å². The van der Waals surface area contributed by atoms with E-state index in [-0.39, 0.29) is 42.5 Å². The van der Waals surface area contributed by atoms with E-state index < -0.39 is 5.41 Å². The van der Waals surface area contributed by atoms with Crippen molar-refractivity contribution in [1.29, 1.82) is 0 Å². The van der Waals surface area contributed by atoms with Gasteiger partial charge in [-0.25, -0.2) is 0 Å². The SMILES string of the molecule is CC(C)(C)C(=O)C=C(O)C(C)(C)C.CC(C)(C)c1nc2ccc[c-]c2c2nc3ccccn3c12.[Ir]. The molecule has 4 aromatic rings. The van der Waals surface area contributed by atoms with Gasteiger partial charge in [0.25, 0.3) is 0 Å². The number of aliphatic hydroxyl groups is 1. The van der Waals surface area contributed by atoms with Crippen LogP contribution in [0.2, 0.25) is 0 Å². The smallest absolute Gasteiger partial charge is 0.164 e. The molecular weight excluding hydrogens is 615 g/mol. The van der Waals surface area contributed by atoms with Gasteiger partial charge in [-0.2, -0.15) is 0 Å². The van der Waals surface area contributed by atoms with E-state index in [9.17, 15) is 9.90 Å². The third-order valence-electron chi connectivity index (χ3n) is 5.54. The van der Waals surface area contributed by atoms with E-state index in [4.69, 9.17) is 9.97 Å². The van der Waals surface area contributed by atoms with Crippen molar-refractivity contribution in [1.82, 2.24) is 14.4 Å². The fraction of sp³-hybridized carbons (Fsp3) is 0.414. The van der Waals surface area contributed by atoms with Crippen molar-refractivity contribution in [2.75, 3.05) is 0 Å². The van der Waals surface area contributed by atoms with Gasteiger partial charge in [-0.3, -0.25) is 9.78 Å². The van der Waals surface area contributed by atoms with E-state index in [0.29, 0.717) is 0 Å². The Bertz CT molecular complexity index is 1380. The number of carbonyl (C=O) groups is 1. The fourth-order valence-corrected chi connectivity index (χ4v) is 3.36. The molecule has 0 amide bonds. The fourth-order valence-electron chi connectivity index (χ4n) is 3.36. The van der Waals surface area contributed by atoms with Gasteiger partial charge in [-0.15, -0.1) is 24.3 Å². The van der Waals surface area contributed by atoms with Crippen molar-refractivity contribution in [3.05, 3.63) is 66.2 Å². The molecule has 3 heterocycles. The summed E-state index contributed by atoms with van der Waals surface area (Å²) in [5, 5.41) is 10.5. The number of nitrogens with zero attached hydrogens (tertiary/aromatic N) is 3. The predicted octanol–water partition coefficient (Wildman–Crippen LogP) is 7.22. The van der Waals surface area contributed by atoms with Gasteiger partial charge >= 0.3 is 0 Å². The summed E-state index contributed by atoms with van der Waals surface area (Å²) in [5.74, 6) is 0.104. The van der Waals surface area contributed by atoms with Gasteiger partial charge in [0.1, 0.15) is 11.4 Å². The van der Waals surface area contributed by atoms with Crippen LogP contribution in [0, 0.1) is 16.9 Å². The Morgan fingerprint density at radius 2 is 1.60 bits per heavy atom. The number of rotatable bonds is 1. The summed E-state index contributed by atoms with van der Waals surface area (Å²) in [6.45, 7) is 17.7. The molecule has 5 nitrogen and oxygen atoms in total. The van der Waals surface area contributed by atoms with E-state index in [1.165, 1.54) is 6.08 Å². The van der Waals surface area contributed by atoms with E-state index in [1.54, 1.807) is 0 Å². The number of carbonyl (C=O) groups excluding carboxylic acids is 1. The number of aromatic nitrogens is 3. The molecule has 0 bridgehead atoms. The third-order valence-corrected chi connectivity index (χ3v) is 5.54. The molecule has 6 heteroatoms. The first-order valence-electron chi connectivity index (χ1n) is 11.6. The number of pyridine rings is 2. The minimum absolute atomic E-state index is 0. The standard InChI is InChI=1S/C18H16N3.C11H20O2.Ir/c1-18(2,3)17-16-15(12-8-4-5-9-13(12)19-17)20-14-10-6-7-11-21(14)16;1-10(2,3)8(12)7-9(13)11(4,5)6;/h4-7,9-11H,1-3H3;7,12H,1-6H3;/q-1;;. The van der Waals surface area contributed by atoms with Crippen LogP contribution in [0.4, 0.5) is 0 Å². The van der Waals surface area contributed by atoms with Gasteiger partial charge in [-0.05, 0) is 17.6 Å². The Morgan fingerprint density at radius 3 is 2.17 bits per heavy atom. The Labute approximate surface area is 222 Å². The molecule has 1 N–H and O–H groups in total. The molecule has 0 atom stereocenters. The molecular formula is C29H36IrN3O2-. The zero-order chi connectivity index (χ0) is 25.5. The molecule has 1 radical (unpaired) electrons. The van der Waals surface area contributed by atoms with Crippen LogP contribution in [0.25, 0.3) is 27.6 Å². The number of hydrogen-bond acceptors (Lipinski definition) is 4. The van der Waals surface area contributed by atoms with Crippen LogP contribution in [0.1, 0.15) is 68.0 Å². The number of allylic oxidation sites excluding steroid dienone is 2. The van der Waals surface area contributed by atoms with Gasteiger partial charge < -0.3 is 14.5 Å². The number of ketones is 1. The quantitative estimate of drug-likeness (QED) is 0.134. The molecule has 0 saturated carbocycles. The van der Waals surface area contributed by atoms with E-state index in [2.05, 4.69) is 37.4 Å². The maximum atomic E-state index is 11.5. The van der Waals surface area contributed by atoms with Gasteiger partial charge in [0, 0.05) is 54.1 Å².